The SMILES string of the molecule is [C-]#[N+]C1(c2cc(-c3ccc(F)cc3)nc3cc(C(=O)N4CCN(C(=O)C5CC(O)(C(F)(F)F)C5)CC4(C)C)oc23)CC(F)(F)C1. The fourth-order valence-electron chi connectivity index (χ4n) is 6.65. The summed E-state index contributed by atoms with van der Waals surface area (Å²) < 4.78 is 86.9. The summed E-state index contributed by atoms with van der Waals surface area (Å²) in [6.07, 6.45) is -7.77. The summed E-state index contributed by atoms with van der Waals surface area (Å²) in [7, 11) is 0. The van der Waals surface area contributed by atoms with Crippen LogP contribution >= 0.6 is 0 Å². The van der Waals surface area contributed by atoms with Gasteiger partial charge >= 0.3 is 6.18 Å². The first-order chi connectivity index (χ1) is 20.9. The quantitative estimate of drug-likeness (QED) is 0.283. The third-order valence-electron chi connectivity index (χ3n) is 9.15. The highest BCUT2D eigenvalue weighted by molar-refractivity contribution is 5.97. The highest BCUT2D eigenvalue weighted by Gasteiger charge is 2.65. The van der Waals surface area contributed by atoms with Crippen molar-refractivity contribution in [2.24, 2.45) is 5.92 Å². The van der Waals surface area contributed by atoms with Gasteiger partial charge in [0.05, 0.1) is 29.6 Å². The largest absolute Gasteiger partial charge is 0.449 e. The first-order valence-electron chi connectivity index (χ1n) is 14.2. The van der Waals surface area contributed by atoms with Crippen LogP contribution in [0, 0.1) is 18.3 Å². The summed E-state index contributed by atoms with van der Waals surface area (Å²) in [5.74, 6) is -5.84. The maximum absolute atomic E-state index is 14.1. The van der Waals surface area contributed by atoms with Crippen molar-refractivity contribution in [1.82, 2.24) is 14.8 Å². The number of fused-ring (bicyclic) bond motifs is 1. The smallest absolute Gasteiger partial charge is 0.417 e. The molecule has 0 bridgehead atoms. The molecule has 2 amide bonds. The molecule has 1 aliphatic heterocycles. The maximum atomic E-state index is 14.1. The van der Waals surface area contributed by atoms with Gasteiger partial charge in [-0.3, -0.25) is 9.59 Å². The Morgan fingerprint density at radius 3 is 2.29 bits per heavy atom. The molecule has 2 saturated carbocycles. The van der Waals surface area contributed by atoms with E-state index in [2.05, 4.69) is 9.83 Å². The maximum Gasteiger partial charge on any atom is 0.417 e. The number of hydrogen-bond acceptors (Lipinski definition) is 5. The Morgan fingerprint density at radius 2 is 1.73 bits per heavy atom. The lowest BCUT2D eigenvalue weighted by molar-refractivity contribution is -0.297. The van der Waals surface area contributed by atoms with Crippen molar-refractivity contribution in [3.63, 3.8) is 0 Å². The van der Waals surface area contributed by atoms with E-state index >= 15 is 0 Å². The lowest BCUT2D eigenvalue weighted by Gasteiger charge is -2.50. The van der Waals surface area contributed by atoms with Crippen LogP contribution in [0.1, 0.15) is 55.6 Å². The van der Waals surface area contributed by atoms with Crippen LogP contribution in [0.4, 0.5) is 26.3 Å². The van der Waals surface area contributed by atoms with Gasteiger partial charge in [0.1, 0.15) is 11.3 Å². The van der Waals surface area contributed by atoms with Crippen LogP contribution in [0.15, 0.2) is 40.8 Å². The van der Waals surface area contributed by atoms with E-state index in [1.807, 2.05) is 0 Å². The van der Waals surface area contributed by atoms with Crippen LogP contribution in [0.2, 0.25) is 0 Å². The van der Waals surface area contributed by atoms with Crippen molar-refractivity contribution in [2.45, 2.75) is 68.3 Å². The number of rotatable bonds is 4. The molecule has 1 aromatic carbocycles. The Hall–Kier alpha value is -4.12. The highest BCUT2D eigenvalue weighted by atomic mass is 19.4. The molecule has 238 valence electrons. The molecule has 0 atom stereocenters. The van der Waals surface area contributed by atoms with Gasteiger partial charge < -0.3 is 24.2 Å². The summed E-state index contributed by atoms with van der Waals surface area (Å²) in [6.45, 7) is 11.2. The van der Waals surface area contributed by atoms with Gasteiger partial charge in [-0.1, -0.05) is 0 Å². The molecule has 1 saturated heterocycles. The standard InChI is InChI=1S/C31H28F6N4O4/c1-27(2)16-40(25(42)18-12-29(44,13-18)31(35,36)37)8-9-41(27)26(43)23-11-22-24(45-23)20(28(38-3)14-30(33,34)15-28)10-21(39-22)17-4-6-19(32)7-5-17/h4-7,10-11,18,44H,8-9,12-16H2,1-2H3. The minimum atomic E-state index is -4.83. The summed E-state index contributed by atoms with van der Waals surface area (Å²) in [6, 6.07) is 8.13. The van der Waals surface area contributed by atoms with Gasteiger partial charge in [-0.2, -0.15) is 13.2 Å². The number of carbonyl (C=O) groups is 2. The second kappa shape index (κ2) is 9.94. The average molecular weight is 635 g/mol. The fraction of sp³-hybridized carbons (Fsp3) is 0.484. The van der Waals surface area contributed by atoms with Crippen molar-refractivity contribution in [3.8, 4) is 11.3 Å². The number of hydrogen-bond donors (Lipinski definition) is 1. The van der Waals surface area contributed by atoms with E-state index in [1.54, 1.807) is 13.8 Å². The van der Waals surface area contributed by atoms with E-state index in [0.717, 1.165) is 0 Å². The molecule has 2 aliphatic carbocycles. The summed E-state index contributed by atoms with van der Waals surface area (Å²) in [5.41, 5.74) is -4.47. The molecule has 14 heteroatoms. The molecule has 3 heterocycles. The molecular weight excluding hydrogens is 606 g/mol. The molecule has 6 rings (SSSR count). The number of halogens is 6. The molecule has 3 aliphatic rings. The zero-order chi connectivity index (χ0) is 32.7. The Labute approximate surface area is 253 Å². The summed E-state index contributed by atoms with van der Waals surface area (Å²) in [4.78, 5) is 37.7. The van der Waals surface area contributed by atoms with E-state index in [9.17, 15) is 41.0 Å². The van der Waals surface area contributed by atoms with Crippen LogP contribution < -0.4 is 0 Å². The fourth-order valence-corrected chi connectivity index (χ4v) is 6.65. The lowest BCUT2D eigenvalue weighted by atomic mass is 9.69. The number of pyridine rings is 1. The first-order valence-corrected chi connectivity index (χ1v) is 14.2. The second-order valence-corrected chi connectivity index (χ2v) is 12.9. The van der Waals surface area contributed by atoms with Gasteiger partial charge in [0.25, 0.3) is 17.4 Å². The minimum Gasteiger partial charge on any atom is -0.449 e. The second-order valence-electron chi connectivity index (χ2n) is 12.9. The molecule has 3 aromatic rings. The topological polar surface area (TPSA) is 91.2 Å². The van der Waals surface area contributed by atoms with Crippen LogP contribution in [-0.2, 0) is 10.3 Å². The van der Waals surface area contributed by atoms with Gasteiger partial charge in [-0.05, 0) is 57.0 Å². The Balaban J connectivity index is 1.28. The Kier molecular flexibility index (Phi) is 6.82. The zero-order valence-corrected chi connectivity index (χ0v) is 24.2. The number of nitrogens with zero attached hydrogens (tertiary/aromatic N) is 4. The number of benzene rings is 1. The Morgan fingerprint density at radius 1 is 1.09 bits per heavy atom. The van der Waals surface area contributed by atoms with E-state index in [-0.39, 0.29) is 47.8 Å². The number of furan rings is 1. The molecule has 3 fully saturated rings. The Bertz CT molecular complexity index is 1730. The number of amides is 2. The van der Waals surface area contributed by atoms with E-state index in [0.29, 0.717) is 5.56 Å². The van der Waals surface area contributed by atoms with E-state index in [1.165, 1.54) is 46.2 Å². The van der Waals surface area contributed by atoms with Gasteiger partial charge in [0.2, 0.25) is 5.91 Å². The van der Waals surface area contributed by atoms with Crippen LogP contribution in [0.3, 0.4) is 0 Å². The third kappa shape index (κ3) is 5.10. The number of aromatic nitrogens is 1. The van der Waals surface area contributed by atoms with Crippen LogP contribution in [0.5, 0.6) is 0 Å². The number of alkyl halides is 5. The van der Waals surface area contributed by atoms with Crippen LogP contribution in [-0.4, -0.2) is 74.6 Å². The molecule has 0 unspecified atom stereocenters. The van der Waals surface area contributed by atoms with Gasteiger partial charge in [-0.25, -0.2) is 24.7 Å². The normalized spacial score (nSPS) is 25.3. The summed E-state index contributed by atoms with van der Waals surface area (Å²) >= 11 is 0. The summed E-state index contributed by atoms with van der Waals surface area (Å²) in [5, 5.41) is 9.76. The minimum absolute atomic E-state index is 0.00414. The molecule has 2 aromatic heterocycles. The predicted octanol–water partition coefficient (Wildman–Crippen LogP) is 5.94. The molecule has 0 radical (unpaired) electrons. The van der Waals surface area contributed by atoms with Crippen molar-refractivity contribution in [3.05, 3.63) is 65.0 Å². The van der Waals surface area contributed by atoms with Crippen molar-refractivity contribution >= 4 is 22.9 Å². The van der Waals surface area contributed by atoms with E-state index < -0.39 is 78.0 Å². The van der Waals surface area contributed by atoms with E-state index in [4.69, 9.17) is 11.0 Å². The zero-order valence-electron chi connectivity index (χ0n) is 24.2. The monoisotopic (exact) mass is 634 g/mol. The van der Waals surface area contributed by atoms with Gasteiger partial charge in [0.15, 0.2) is 16.9 Å². The highest BCUT2D eigenvalue weighted by Crippen LogP contribution is 2.56. The first kappa shape index (κ1) is 30.9. The molecule has 0 spiro atoms. The molecular formula is C31H28F6N4O4. The van der Waals surface area contributed by atoms with Crippen molar-refractivity contribution in [2.75, 3.05) is 19.6 Å². The average Bonchev–Trinajstić information content (AvgIpc) is 3.36. The number of carbonyl (C=O) groups excluding carboxylic acids is 2. The van der Waals surface area contributed by atoms with Gasteiger partial charge in [0, 0.05) is 37.2 Å². The predicted molar refractivity (Wildman–Crippen MR) is 147 cm³/mol. The molecule has 1 N–H and O–H groups in total. The number of piperazine rings is 1. The van der Waals surface area contributed by atoms with Crippen LogP contribution in [0.25, 0.3) is 27.2 Å². The van der Waals surface area contributed by atoms with Gasteiger partial charge in [-0.15, -0.1) is 0 Å². The number of aliphatic hydroxyl groups is 1. The third-order valence-corrected chi connectivity index (χ3v) is 9.15. The molecule has 45 heavy (non-hydrogen) atoms. The van der Waals surface area contributed by atoms with Crippen molar-refractivity contribution < 1.29 is 45.5 Å². The lowest BCUT2D eigenvalue weighted by Crippen LogP contribution is -2.65. The molecule has 8 nitrogen and oxygen atoms in total. The van der Waals surface area contributed by atoms with Crippen molar-refractivity contribution in [1.29, 1.82) is 0 Å².